The molecule has 114 valence electrons. The maximum absolute atomic E-state index is 4.40. The molecule has 0 aliphatic rings. The third-order valence-corrected chi connectivity index (χ3v) is 6.16. The van der Waals surface area contributed by atoms with E-state index < -0.39 is 0 Å². The zero-order valence-corrected chi connectivity index (χ0v) is 15.0. The highest BCUT2D eigenvalue weighted by atomic mass is 14.3. The lowest BCUT2D eigenvalue weighted by Gasteiger charge is -2.36. The molecule has 0 spiro atoms. The van der Waals surface area contributed by atoms with E-state index in [0.29, 0.717) is 17.8 Å². The Morgan fingerprint density at radius 2 is 1.21 bits per heavy atom. The Kier molecular flexibility index (Phi) is 8.01. The molecule has 0 N–H and O–H groups in total. The minimum absolute atomic E-state index is 0.624. The van der Waals surface area contributed by atoms with Crippen LogP contribution in [0.2, 0.25) is 0 Å². The second-order valence-electron chi connectivity index (χ2n) is 7.36. The van der Waals surface area contributed by atoms with Crippen LogP contribution in [0.1, 0.15) is 68.7 Å². The summed E-state index contributed by atoms with van der Waals surface area (Å²) in [6, 6.07) is 0. The van der Waals surface area contributed by atoms with E-state index in [2.05, 4.69) is 68.9 Å². The summed E-state index contributed by atoms with van der Waals surface area (Å²) in [7, 11) is 0. The van der Waals surface area contributed by atoms with Crippen molar-refractivity contribution >= 4 is 0 Å². The van der Waals surface area contributed by atoms with Crippen LogP contribution >= 0.6 is 0 Å². The molecule has 0 aliphatic heterocycles. The van der Waals surface area contributed by atoms with Crippen LogP contribution in [0.3, 0.4) is 0 Å². The summed E-state index contributed by atoms with van der Waals surface area (Å²) in [5, 5.41) is 0. The molecule has 0 aromatic rings. The Hall–Kier alpha value is -0.260. The minimum atomic E-state index is 0.624. The first-order valence-electron chi connectivity index (χ1n) is 8.33. The number of hydrogen-bond acceptors (Lipinski definition) is 0. The van der Waals surface area contributed by atoms with Crippen LogP contribution in [0.25, 0.3) is 0 Å². The average Bonchev–Trinajstić information content (AvgIpc) is 2.40. The zero-order valence-electron chi connectivity index (χ0n) is 15.0. The van der Waals surface area contributed by atoms with Crippen molar-refractivity contribution in [3.8, 4) is 0 Å². The van der Waals surface area contributed by atoms with Crippen molar-refractivity contribution < 1.29 is 0 Å². The molecule has 0 saturated heterocycles. The molecule has 0 amide bonds. The van der Waals surface area contributed by atoms with Crippen LogP contribution in [-0.2, 0) is 0 Å². The summed E-state index contributed by atoms with van der Waals surface area (Å²) in [5.41, 5.74) is 1.45. The standard InChI is InChI=1S/C19H38/c1-11-13(4)15(6)17(8)19(10)18(9)16(7)14(5)12(2)3/h12-15,17-19H,7,11H2,1-6,8-10H3. The first kappa shape index (κ1) is 18.7. The topological polar surface area (TPSA) is 0 Å². The number of rotatable bonds is 8. The van der Waals surface area contributed by atoms with Crippen LogP contribution in [-0.4, -0.2) is 0 Å². The van der Waals surface area contributed by atoms with Crippen molar-refractivity contribution in [2.45, 2.75) is 68.7 Å². The summed E-state index contributed by atoms with van der Waals surface area (Å²) < 4.78 is 0. The molecule has 19 heavy (non-hydrogen) atoms. The fourth-order valence-corrected chi connectivity index (χ4v) is 3.00. The summed E-state index contributed by atoms with van der Waals surface area (Å²) in [5.74, 6) is 5.05. The highest BCUT2D eigenvalue weighted by Crippen LogP contribution is 2.37. The third kappa shape index (κ3) is 4.97. The molecule has 0 fully saturated rings. The van der Waals surface area contributed by atoms with E-state index in [1.54, 1.807) is 0 Å². The highest BCUT2D eigenvalue weighted by Gasteiger charge is 2.29. The Morgan fingerprint density at radius 1 is 0.737 bits per heavy atom. The molecule has 0 aromatic heterocycles. The van der Waals surface area contributed by atoms with Gasteiger partial charge in [0.2, 0.25) is 0 Å². The second-order valence-corrected chi connectivity index (χ2v) is 7.36. The van der Waals surface area contributed by atoms with Crippen molar-refractivity contribution in [3.05, 3.63) is 12.2 Å². The van der Waals surface area contributed by atoms with Crippen LogP contribution in [0.15, 0.2) is 12.2 Å². The summed E-state index contributed by atoms with van der Waals surface area (Å²) in [6.45, 7) is 25.7. The Bertz CT molecular complexity index is 263. The molecule has 0 bridgehead atoms. The van der Waals surface area contributed by atoms with Gasteiger partial charge in [-0.05, 0) is 41.4 Å². The Labute approximate surface area is 123 Å². The van der Waals surface area contributed by atoms with E-state index in [9.17, 15) is 0 Å². The first-order chi connectivity index (χ1) is 8.64. The minimum Gasteiger partial charge on any atom is -0.0993 e. The fourth-order valence-electron chi connectivity index (χ4n) is 3.00. The van der Waals surface area contributed by atoms with Gasteiger partial charge in [-0.25, -0.2) is 0 Å². The molecule has 0 rings (SSSR count). The smallest absolute Gasteiger partial charge is 0.0203 e. The molecule has 0 nitrogen and oxygen atoms in total. The van der Waals surface area contributed by atoms with Gasteiger partial charge in [0, 0.05) is 0 Å². The largest absolute Gasteiger partial charge is 0.0993 e. The lowest BCUT2D eigenvalue weighted by Crippen LogP contribution is -2.28. The Balaban J connectivity index is 4.72. The Morgan fingerprint density at radius 3 is 1.58 bits per heavy atom. The van der Waals surface area contributed by atoms with Crippen LogP contribution < -0.4 is 0 Å². The predicted octanol–water partition coefficient (Wildman–Crippen LogP) is 6.43. The van der Waals surface area contributed by atoms with E-state index in [4.69, 9.17) is 0 Å². The highest BCUT2D eigenvalue weighted by molar-refractivity contribution is 5.06. The van der Waals surface area contributed by atoms with Gasteiger partial charge in [-0.2, -0.15) is 0 Å². The zero-order chi connectivity index (χ0) is 15.3. The molecule has 6 unspecified atom stereocenters. The van der Waals surface area contributed by atoms with Gasteiger partial charge < -0.3 is 0 Å². The maximum Gasteiger partial charge on any atom is -0.0203 e. The monoisotopic (exact) mass is 266 g/mol. The predicted molar refractivity (Wildman–Crippen MR) is 89.3 cm³/mol. The van der Waals surface area contributed by atoms with E-state index >= 15 is 0 Å². The molecule has 0 aromatic carbocycles. The molecular formula is C19H38. The average molecular weight is 267 g/mol. The SMILES string of the molecule is C=C(C(C)C(C)C)C(C)C(C)C(C)C(C)C(C)CC. The third-order valence-electron chi connectivity index (χ3n) is 6.16. The lowest BCUT2D eigenvalue weighted by atomic mass is 9.69. The van der Waals surface area contributed by atoms with Gasteiger partial charge in [0.15, 0.2) is 0 Å². The molecule has 0 saturated carbocycles. The van der Waals surface area contributed by atoms with E-state index in [1.807, 2.05) is 0 Å². The fraction of sp³-hybridized carbons (Fsp3) is 0.895. The van der Waals surface area contributed by atoms with Gasteiger partial charge in [-0.15, -0.1) is 0 Å². The van der Waals surface area contributed by atoms with Gasteiger partial charge in [0.05, 0.1) is 0 Å². The van der Waals surface area contributed by atoms with Crippen LogP contribution in [0.5, 0.6) is 0 Å². The van der Waals surface area contributed by atoms with Gasteiger partial charge in [0.25, 0.3) is 0 Å². The van der Waals surface area contributed by atoms with Gasteiger partial charge in [-0.1, -0.05) is 80.9 Å². The lowest BCUT2D eigenvalue weighted by molar-refractivity contribution is 0.173. The van der Waals surface area contributed by atoms with Gasteiger partial charge >= 0.3 is 0 Å². The molecule has 0 heterocycles. The molecular weight excluding hydrogens is 228 g/mol. The van der Waals surface area contributed by atoms with Gasteiger partial charge in [0.1, 0.15) is 0 Å². The van der Waals surface area contributed by atoms with Crippen molar-refractivity contribution in [1.82, 2.24) is 0 Å². The van der Waals surface area contributed by atoms with Crippen molar-refractivity contribution in [2.75, 3.05) is 0 Å². The normalized spacial score (nSPS) is 21.6. The quantitative estimate of drug-likeness (QED) is 0.444. The molecule has 0 radical (unpaired) electrons. The summed E-state index contributed by atoms with van der Waals surface area (Å²) in [6.07, 6.45) is 1.29. The van der Waals surface area contributed by atoms with Crippen molar-refractivity contribution in [3.63, 3.8) is 0 Å². The second kappa shape index (κ2) is 8.12. The molecule has 0 aliphatic carbocycles. The molecule has 0 heteroatoms. The van der Waals surface area contributed by atoms with Crippen molar-refractivity contribution in [1.29, 1.82) is 0 Å². The van der Waals surface area contributed by atoms with Crippen molar-refractivity contribution in [2.24, 2.45) is 41.4 Å². The van der Waals surface area contributed by atoms with E-state index in [-0.39, 0.29) is 0 Å². The van der Waals surface area contributed by atoms with E-state index in [1.165, 1.54) is 12.0 Å². The molecule has 6 atom stereocenters. The van der Waals surface area contributed by atoms with Gasteiger partial charge in [-0.3, -0.25) is 0 Å². The van der Waals surface area contributed by atoms with Crippen LogP contribution in [0, 0.1) is 41.4 Å². The maximum atomic E-state index is 4.40. The van der Waals surface area contributed by atoms with E-state index in [0.717, 1.165) is 23.7 Å². The van der Waals surface area contributed by atoms with Crippen LogP contribution in [0.4, 0.5) is 0 Å². The summed E-state index contributed by atoms with van der Waals surface area (Å²) >= 11 is 0. The number of hydrogen-bond donors (Lipinski definition) is 0. The summed E-state index contributed by atoms with van der Waals surface area (Å²) in [4.78, 5) is 0. The number of allylic oxidation sites excluding steroid dienone is 1. The first-order valence-corrected chi connectivity index (χ1v) is 8.33.